The van der Waals surface area contributed by atoms with E-state index in [4.69, 9.17) is 4.74 Å². The number of hydrogen-bond donors (Lipinski definition) is 2. The van der Waals surface area contributed by atoms with Gasteiger partial charge in [-0.05, 0) is 32.7 Å². The van der Waals surface area contributed by atoms with Gasteiger partial charge in [-0.25, -0.2) is 17.7 Å². The Balaban J connectivity index is 0.00000480. The third kappa shape index (κ3) is 10.2. The molecule has 12 heteroatoms. The second-order valence-corrected chi connectivity index (χ2v) is 10.2. The first-order valence-electron chi connectivity index (χ1n) is 10.8. The first kappa shape index (κ1) is 28.3. The van der Waals surface area contributed by atoms with E-state index in [0.717, 1.165) is 58.7 Å². The van der Waals surface area contributed by atoms with Gasteiger partial charge in [0.15, 0.2) is 5.96 Å². The lowest BCUT2D eigenvalue weighted by atomic mass is 10.1. The van der Waals surface area contributed by atoms with E-state index in [1.165, 1.54) is 4.90 Å². The van der Waals surface area contributed by atoms with Crippen LogP contribution >= 0.6 is 24.0 Å². The molecule has 2 rings (SSSR count). The molecule has 31 heavy (non-hydrogen) atoms. The van der Waals surface area contributed by atoms with Gasteiger partial charge in [0.05, 0.1) is 19.0 Å². The fourth-order valence-electron chi connectivity index (χ4n) is 3.43. The molecule has 0 radical (unpaired) electrons. The molecule has 0 saturated carbocycles. The van der Waals surface area contributed by atoms with Gasteiger partial charge < -0.3 is 20.3 Å². The Morgan fingerprint density at radius 1 is 1.16 bits per heavy atom. The molecular weight excluding hydrogens is 535 g/mol. The van der Waals surface area contributed by atoms with Crippen molar-refractivity contribution >= 4 is 45.9 Å². The van der Waals surface area contributed by atoms with Gasteiger partial charge in [0.25, 0.3) is 0 Å². The number of halogens is 1. The smallest absolute Gasteiger partial charge is 0.243 e. The molecule has 0 aromatic carbocycles. The van der Waals surface area contributed by atoms with Crippen LogP contribution in [0.3, 0.4) is 0 Å². The molecule has 10 nitrogen and oxygen atoms in total. The molecule has 2 aliphatic heterocycles. The zero-order valence-electron chi connectivity index (χ0n) is 19.0. The number of carbonyl (C=O) groups excluding carboxylic acids is 1. The first-order valence-corrected chi connectivity index (χ1v) is 12.5. The zero-order chi connectivity index (χ0) is 22.0. The van der Waals surface area contributed by atoms with Gasteiger partial charge in [0, 0.05) is 52.9 Å². The Morgan fingerprint density at radius 3 is 2.39 bits per heavy atom. The summed E-state index contributed by atoms with van der Waals surface area (Å²) in [6, 6.07) is 0.133. The topological polar surface area (TPSA) is 107 Å². The molecule has 0 aromatic rings. The molecule has 0 atom stereocenters. The van der Waals surface area contributed by atoms with Crippen LogP contribution in [0.15, 0.2) is 4.99 Å². The van der Waals surface area contributed by atoms with Gasteiger partial charge in [0.1, 0.15) is 6.54 Å². The highest BCUT2D eigenvalue weighted by molar-refractivity contribution is 14.0. The summed E-state index contributed by atoms with van der Waals surface area (Å²) >= 11 is 0. The average molecular weight is 575 g/mol. The normalized spacial score (nSPS) is 19.5. The Hall–Kier alpha value is -0.700. The van der Waals surface area contributed by atoms with Crippen molar-refractivity contribution in [2.75, 3.05) is 78.9 Å². The van der Waals surface area contributed by atoms with E-state index in [0.29, 0.717) is 19.0 Å². The third-order valence-electron chi connectivity index (χ3n) is 5.47. The van der Waals surface area contributed by atoms with Gasteiger partial charge in [-0.15, -0.1) is 24.0 Å². The second kappa shape index (κ2) is 14.4. The van der Waals surface area contributed by atoms with Crippen LogP contribution in [0.25, 0.3) is 0 Å². The summed E-state index contributed by atoms with van der Waals surface area (Å²) in [5.41, 5.74) is 0. The van der Waals surface area contributed by atoms with Crippen LogP contribution in [0.2, 0.25) is 0 Å². The molecule has 2 heterocycles. The lowest BCUT2D eigenvalue weighted by Crippen LogP contribution is -2.50. The maximum Gasteiger partial charge on any atom is 0.243 e. The number of piperidine rings is 1. The molecular formula is C19H39IN6O4S. The lowest BCUT2D eigenvalue weighted by molar-refractivity contribution is -0.127. The number of amides is 1. The maximum atomic E-state index is 12.0. The molecule has 2 saturated heterocycles. The van der Waals surface area contributed by atoms with E-state index < -0.39 is 10.0 Å². The van der Waals surface area contributed by atoms with E-state index >= 15 is 0 Å². The Labute approximate surface area is 204 Å². The molecule has 1 amide bonds. The summed E-state index contributed by atoms with van der Waals surface area (Å²) in [7, 11) is 0.289. The first-order chi connectivity index (χ1) is 14.3. The van der Waals surface area contributed by atoms with Crippen molar-refractivity contribution in [1.29, 1.82) is 0 Å². The molecule has 2 N–H and O–H groups in total. The molecule has 0 unspecified atom stereocenters. The minimum atomic E-state index is -3.14. The van der Waals surface area contributed by atoms with E-state index in [2.05, 4.69) is 20.5 Å². The Kier molecular flexibility index (Phi) is 13.2. The van der Waals surface area contributed by atoms with Crippen LogP contribution < -0.4 is 10.6 Å². The fraction of sp³-hybridized carbons (Fsp3) is 0.895. The average Bonchev–Trinajstić information content (AvgIpc) is 2.75. The number of nitrogens with zero attached hydrogens (tertiary/aromatic N) is 4. The number of likely N-dealkylation sites (N-methyl/N-ethyl adjacent to an activating group) is 1. The minimum absolute atomic E-state index is 0. The van der Waals surface area contributed by atoms with Gasteiger partial charge in [-0.3, -0.25) is 9.69 Å². The number of guanidine groups is 1. The zero-order valence-corrected chi connectivity index (χ0v) is 22.2. The van der Waals surface area contributed by atoms with E-state index in [1.807, 2.05) is 0 Å². The number of ether oxygens (including phenoxy) is 1. The standard InChI is InChI=1S/C19H38N6O4S.HI/c1-4-30(27,28)25-10-6-17(7-11-25)22-19(21-16-18(26)23(2)3)20-8-5-9-24-12-14-29-15-13-24;/h17H,4-16H2,1-3H3,(H2,20,21,22);1H. The second-order valence-electron chi connectivity index (χ2n) is 7.91. The highest BCUT2D eigenvalue weighted by Gasteiger charge is 2.27. The van der Waals surface area contributed by atoms with Crippen molar-refractivity contribution < 1.29 is 17.9 Å². The Bertz CT molecular complexity index is 662. The van der Waals surface area contributed by atoms with Gasteiger partial charge in [-0.2, -0.15) is 0 Å². The van der Waals surface area contributed by atoms with Crippen LogP contribution in [0.4, 0.5) is 0 Å². The van der Waals surface area contributed by atoms with E-state index in [1.54, 1.807) is 25.3 Å². The molecule has 0 bridgehead atoms. The van der Waals surface area contributed by atoms with Crippen molar-refractivity contribution in [2.24, 2.45) is 4.99 Å². The van der Waals surface area contributed by atoms with E-state index in [9.17, 15) is 13.2 Å². The van der Waals surface area contributed by atoms with Crippen LogP contribution in [0.1, 0.15) is 26.2 Å². The Morgan fingerprint density at radius 2 is 1.81 bits per heavy atom. The SMILES string of the molecule is CCS(=O)(=O)N1CCC(NC(=NCC(=O)N(C)C)NCCCN2CCOCC2)CC1.I. The molecule has 0 spiro atoms. The maximum absolute atomic E-state index is 12.0. The van der Waals surface area contributed by atoms with Crippen LogP contribution in [0.5, 0.6) is 0 Å². The largest absolute Gasteiger partial charge is 0.379 e. The summed E-state index contributed by atoms with van der Waals surface area (Å²) in [5.74, 6) is 0.687. The number of sulfonamides is 1. The minimum Gasteiger partial charge on any atom is -0.379 e. The monoisotopic (exact) mass is 574 g/mol. The molecule has 2 aliphatic rings. The third-order valence-corrected chi connectivity index (χ3v) is 7.35. The predicted octanol–water partition coefficient (Wildman–Crippen LogP) is -0.236. The summed E-state index contributed by atoms with van der Waals surface area (Å²) in [6.45, 7) is 8.04. The van der Waals surface area contributed by atoms with Crippen LogP contribution in [-0.2, 0) is 19.6 Å². The highest BCUT2D eigenvalue weighted by atomic mass is 127. The van der Waals surface area contributed by atoms with Crippen LogP contribution in [-0.4, -0.2) is 119 Å². The number of nitrogens with one attached hydrogen (secondary N) is 2. The number of rotatable bonds is 9. The molecule has 182 valence electrons. The van der Waals surface area contributed by atoms with Crippen molar-refractivity contribution in [3.63, 3.8) is 0 Å². The van der Waals surface area contributed by atoms with Crippen molar-refractivity contribution in [3.8, 4) is 0 Å². The van der Waals surface area contributed by atoms with Crippen molar-refractivity contribution in [2.45, 2.75) is 32.2 Å². The molecule has 0 aliphatic carbocycles. The molecule has 2 fully saturated rings. The van der Waals surface area contributed by atoms with Gasteiger partial charge in [-0.1, -0.05) is 0 Å². The van der Waals surface area contributed by atoms with E-state index in [-0.39, 0.29) is 48.2 Å². The number of morpholine rings is 1. The summed E-state index contributed by atoms with van der Waals surface area (Å²) in [5, 5.41) is 6.72. The number of hydrogen-bond acceptors (Lipinski definition) is 6. The fourth-order valence-corrected chi connectivity index (χ4v) is 4.56. The summed E-state index contributed by atoms with van der Waals surface area (Å²) < 4.78 is 31.0. The lowest BCUT2D eigenvalue weighted by Gasteiger charge is -2.32. The van der Waals surface area contributed by atoms with Crippen LogP contribution in [0, 0.1) is 0 Å². The number of aliphatic imine (C=N–C) groups is 1. The highest BCUT2D eigenvalue weighted by Crippen LogP contribution is 2.14. The van der Waals surface area contributed by atoms with Crippen molar-refractivity contribution in [3.05, 3.63) is 0 Å². The summed E-state index contributed by atoms with van der Waals surface area (Å²) in [6.07, 6.45) is 2.40. The quantitative estimate of drug-likeness (QED) is 0.170. The van der Waals surface area contributed by atoms with Gasteiger partial charge in [0.2, 0.25) is 15.9 Å². The predicted molar refractivity (Wildman–Crippen MR) is 133 cm³/mol. The van der Waals surface area contributed by atoms with Crippen molar-refractivity contribution in [1.82, 2.24) is 24.7 Å². The molecule has 0 aromatic heterocycles. The van der Waals surface area contributed by atoms with Gasteiger partial charge >= 0.3 is 0 Å². The summed E-state index contributed by atoms with van der Waals surface area (Å²) in [4.78, 5) is 20.3. The number of carbonyl (C=O) groups is 1.